The quantitative estimate of drug-likeness (QED) is 0.440. The van der Waals surface area contributed by atoms with Crippen LogP contribution >= 0.6 is 11.6 Å². The third-order valence-electron chi connectivity index (χ3n) is 4.16. The lowest BCUT2D eigenvalue weighted by atomic mass is 10.1. The fourth-order valence-electron chi connectivity index (χ4n) is 3.00. The Hall–Kier alpha value is -2.26. The van der Waals surface area contributed by atoms with Gasteiger partial charge >= 0.3 is 0 Å². The van der Waals surface area contributed by atoms with Gasteiger partial charge in [-0.3, -0.25) is 4.79 Å². The van der Waals surface area contributed by atoms with E-state index in [2.05, 4.69) is 17.6 Å². The van der Waals surface area contributed by atoms with E-state index in [9.17, 15) is 4.79 Å². The largest absolute Gasteiger partial charge is 0.492 e. The van der Waals surface area contributed by atoms with Gasteiger partial charge in [-0.25, -0.2) is 0 Å². The zero-order valence-corrected chi connectivity index (χ0v) is 14.4. The van der Waals surface area contributed by atoms with Gasteiger partial charge in [0.1, 0.15) is 5.75 Å². The summed E-state index contributed by atoms with van der Waals surface area (Å²) in [6.45, 7) is 3.51. The molecular formula is C20H20ClNO2. The maximum Gasteiger partial charge on any atom is 0.152 e. The molecule has 1 heterocycles. The van der Waals surface area contributed by atoms with Crippen molar-refractivity contribution in [2.24, 2.45) is 0 Å². The van der Waals surface area contributed by atoms with E-state index in [4.69, 9.17) is 16.3 Å². The minimum absolute atomic E-state index is 0.578. The van der Waals surface area contributed by atoms with Gasteiger partial charge in [-0.2, -0.15) is 0 Å². The predicted molar refractivity (Wildman–Crippen MR) is 98.3 cm³/mol. The van der Waals surface area contributed by atoms with Crippen molar-refractivity contribution in [3.63, 3.8) is 0 Å². The minimum Gasteiger partial charge on any atom is -0.492 e. The zero-order valence-electron chi connectivity index (χ0n) is 13.7. The molecule has 3 nitrogen and oxygen atoms in total. The number of fused-ring (bicyclic) bond motifs is 1. The summed E-state index contributed by atoms with van der Waals surface area (Å²) in [5.74, 6) is 0.708. The van der Waals surface area contributed by atoms with Crippen molar-refractivity contribution in [3.8, 4) is 5.75 Å². The van der Waals surface area contributed by atoms with Crippen LogP contribution in [-0.2, 0) is 13.0 Å². The topological polar surface area (TPSA) is 31.2 Å². The summed E-state index contributed by atoms with van der Waals surface area (Å²) in [6, 6.07) is 13.6. The Morgan fingerprint density at radius 1 is 1.17 bits per heavy atom. The van der Waals surface area contributed by atoms with Crippen molar-refractivity contribution in [2.75, 3.05) is 6.61 Å². The molecule has 1 aromatic heterocycles. The van der Waals surface area contributed by atoms with Gasteiger partial charge < -0.3 is 9.30 Å². The van der Waals surface area contributed by atoms with E-state index in [0.29, 0.717) is 17.4 Å². The van der Waals surface area contributed by atoms with Crippen LogP contribution in [0.2, 0.25) is 5.02 Å². The van der Waals surface area contributed by atoms with Crippen LogP contribution in [0.1, 0.15) is 29.3 Å². The second-order valence-corrected chi connectivity index (χ2v) is 6.10. The first-order valence-corrected chi connectivity index (χ1v) is 8.55. The number of rotatable bonds is 7. The Morgan fingerprint density at radius 2 is 2.00 bits per heavy atom. The Kier molecular flexibility index (Phi) is 5.21. The van der Waals surface area contributed by atoms with Crippen molar-refractivity contribution in [3.05, 3.63) is 64.8 Å². The van der Waals surface area contributed by atoms with E-state index in [1.165, 1.54) is 5.56 Å². The molecule has 3 rings (SSSR count). The molecule has 4 heteroatoms. The lowest BCUT2D eigenvalue weighted by Crippen LogP contribution is -2.05. The third-order valence-corrected chi connectivity index (χ3v) is 4.47. The Labute approximate surface area is 146 Å². The van der Waals surface area contributed by atoms with Crippen molar-refractivity contribution < 1.29 is 9.53 Å². The first-order chi connectivity index (χ1) is 11.7. The molecule has 0 fully saturated rings. The number of nitrogens with zero attached hydrogens (tertiary/aromatic N) is 1. The predicted octanol–water partition coefficient (Wildman–Crippen LogP) is 5.14. The molecule has 0 spiro atoms. The van der Waals surface area contributed by atoms with Crippen LogP contribution in [0.5, 0.6) is 5.75 Å². The molecule has 0 amide bonds. The minimum atomic E-state index is 0.578. The van der Waals surface area contributed by atoms with E-state index in [1.807, 2.05) is 42.6 Å². The smallest absolute Gasteiger partial charge is 0.152 e. The Morgan fingerprint density at radius 3 is 2.75 bits per heavy atom. The highest BCUT2D eigenvalue weighted by molar-refractivity contribution is 6.32. The highest BCUT2D eigenvalue weighted by Gasteiger charge is 2.11. The molecule has 0 unspecified atom stereocenters. The first-order valence-electron chi connectivity index (χ1n) is 8.17. The SMILES string of the molecule is CCc1cccc2c(C=O)cn(CCCOc3ccccc3Cl)c12. The summed E-state index contributed by atoms with van der Waals surface area (Å²) >= 11 is 6.09. The number of carbonyl (C=O) groups excluding carboxylic acids is 1. The Bertz CT molecular complexity index is 854. The number of aryl methyl sites for hydroxylation is 2. The summed E-state index contributed by atoms with van der Waals surface area (Å²) in [4.78, 5) is 11.3. The van der Waals surface area contributed by atoms with E-state index in [1.54, 1.807) is 0 Å². The first kappa shape index (κ1) is 16.6. The van der Waals surface area contributed by atoms with E-state index >= 15 is 0 Å². The molecule has 0 atom stereocenters. The van der Waals surface area contributed by atoms with Gasteiger partial charge in [-0.15, -0.1) is 0 Å². The number of para-hydroxylation sites is 2. The fourth-order valence-corrected chi connectivity index (χ4v) is 3.19. The number of aldehydes is 1. The number of aromatic nitrogens is 1. The summed E-state index contributed by atoms with van der Waals surface area (Å²) in [5, 5.41) is 1.65. The summed E-state index contributed by atoms with van der Waals surface area (Å²) in [6.07, 6.45) is 4.64. The standard InChI is InChI=1S/C20H20ClNO2/c1-2-15-7-5-8-17-16(14-23)13-22(20(15)17)11-6-12-24-19-10-4-3-9-18(19)21/h3-5,7-10,13-14H,2,6,11-12H2,1H3. The van der Waals surface area contributed by atoms with Crippen LogP contribution in [-0.4, -0.2) is 17.5 Å². The monoisotopic (exact) mass is 341 g/mol. The van der Waals surface area contributed by atoms with Crippen molar-refractivity contribution >= 4 is 28.8 Å². The van der Waals surface area contributed by atoms with Gasteiger partial charge in [0.2, 0.25) is 0 Å². The van der Waals surface area contributed by atoms with Crippen molar-refractivity contribution in [1.29, 1.82) is 0 Å². The molecular weight excluding hydrogens is 322 g/mol. The van der Waals surface area contributed by atoms with Crippen LogP contribution in [0.4, 0.5) is 0 Å². The van der Waals surface area contributed by atoms with Crippen LogP contribution < -0.4 is 4.74 Å². The normalized spacial score (nSPS) is 10.9. The molecule has 0 N–H and O–H groups in total. The van der Waals surface area contributed by atoms with Gasteiger partial charge in [0.05, 0.1) is 17.1 Å². The second-order valence-electron chi connectivity index (χ2n) is 5.69. The molecule has 2 aromatic carbocycles. The van der Waals surface area contributed by atoms with Gasteiger partial charge in [-0.1, -0.05) is 48.9 Å². The Balaban J connectivity index is 1.73. The molecule has 0 bridgehead atoms. The average molecular weight is 342 g/mol. The number of halogens is 1. The van der Waals surface area contributed by atoms with E-state index < -0.39 is 0 Å². The van der Waals surface area contributed by atoms with Crippen molar-refractivity contribution in [2.45, 2.75) is 26.3 Å². The second kappa shape index (κ2) is 7.54. The molecule has 0 saturated carbocycles. The molecule has 124 valence electrons. The van der Waals surface area contributed by atoms with E-state index in [0.717, 1.165) is 42.1 Å². The molecule has 24 heavy (non-hydrogen) atoms. The fraction of sp³-hybridized carbons (Fsp3) is 0.250. The number of benzene rings is 2. The third kappa shape index (κ3) is 3.31. The lowest BCUT2D eigenvalue weighted by Gasteiger charge is -2.10. The summed E-state index contributed by atoms with van der Waals surface area (Å²) in [7, 11) is 0. The number of carbonyl (C=O) groups is 1. The molecule has 0 aliphatic heterocycles. The highest BCUT2D eigenvalue weighted by Crippen LogP contribution is 2.25. The zero-order chi connectivity index (χ0) is 16.9. The molecule has 0 radical (unpaired) electrons. The summed E-state index contributed by atoms with van der Waals surface area (Å²) in [5.41, 5.74) is 3.15. The molecule has 3 aromatic rings. The number of hydrogen-bond donors (Lipinski definition) is 0. The number of ether oxygens (including phenoxy) is 1. The highest BCUT2D eigenvalue weighted by atomic mass is 35.5. The maximum absolute atomic E-state index is 11.3. The van der Waals surface area contributed by atoms with Crippen LogP contribution in [0.15, 0.2) is 48.7 Å². The summed E-state index contributed by atoms with van der Waals surface area (Å²) < 4.78 is 7.91. The van der Waals surface area contributed by atoms with Gasteiger partial charge in [0.25, 0.3) is 0 Å². The average Bonchev–Trinajstić information content (AvgIpc) is 2.98. The van der Waals surface area contributed by atoms with Crippen LogP contribution in [0.25, 0.3) is 10.9 Å². The molecule has 0 saturated heterocycles. The van der Waals surface area contributed by atoms with Gasteiger partial charge in [0.15, 0.2) is 6.29 Å². The molecule has 0 aliphatic rings. The van der Waals surface area contributed by atoms with Crippen LogP contribution in [0, 0.1) is 0 Å². The molecule has 0 aliphatic carbocycles. The van der Waals surface area contributed by atoms with Crippen molar-refractivity contribution in [1.82, 2.24) is 4.57 Å². The maximum atomic E-state index is 11.3. The van der Waals surface area contributed by atoms with Gasteiger partial charge in [-0.05, 0) is 30.5 Å². The lowest BCUT2D eigenvalue weighted by molar-refractivity contribution is 0.112. The van der Waals surface area contributed by atoms with E-state index in [-0.39, 0.29) is 0 Å². The van der Waals surface area contributed by atoms with Crippen LogP contribution in [0.3, 0.4) is 0 Å². The number of hydrogen-bond acceptors (Lipinski definition) is 2. The van der Waals surface area contributed by atoms with Gasteiger partial charge in [0, 0.05) is 23.7 Å².